The molecule has 0 saturated heterocycles. The molecule has 0 bridgehead atoms. The van der Waals surface area contributed by atoms with Gasteiger partial charge in [0.2, 0.25) is 5.44 Å². The van der Waals surface area contributed by atoms with Crippen molar-refractivity contribution in [2.75, 3.05) is 6.26 Å². The standard InChI is InChI=1S/C10H11NO7S/c1-7(19(2,15)16)17-10(12)18-9-5-3-8(4-6-9)11(13)14/h3-7H,1-2H3. The fourth-order valence-electron chi connectivity index (χ4n) is 0.979. The lowest BCUT2D eigenvalue weighted by atomic mass is 10.3. The summed E-state index contributed by atoms with van der Waals surface area (Å²) in [4.78, 5) is 21.0. The van der Waals surface area contributed by atoms with Gasteiger partial charge in [-0.3, -0.25) is 10.1 Å². The van der Waals surface area contributed by atoms with Crippen LogP contribution in [0.2, 0.25) is 0 Å². The van der Waals surface area contributed by atoms with Crippen molar-refractivity contribution in [2.24, 2.45) is 0 Å². The summed E-state index contributed by atoms with van der Waals surface area (Å²) < 4.78 is 31.2. The monoisotopic (exact) mass is 289 g/mol. The number of hydrogen-bond donors (Lipinski definition) is 0. The molecule has 104 valence electrons. The molecule has 19 heavy (non-hydrogen) atoms. The number of non-ortho nitro benzene ring substituents is 1. The van der Waals surface area contributed by atoms with E-state index in [1.165, 1.54) is 19.1 Å². The molecule has 0 aliphatic rings. The molecule has 0 spiro atoms. The van der Waals surface area contributed by atoms with E-state index < -0.39 is 26.4 Å². The van der Waals surface area contributed by atoms with Gasteiger partial charge in [-0.15, -0.1) is 0 Å². The highest BCUT2D eigenvalue weighted by Crippen LogP contribution is 2.18. The molecule has 1 aromatic rings. The van der Waals surface area contributed by atoms with Crippen molar-refractivity contribution in [2.45, 2.75) is 12.4 Å². The third-order valence-corrected chi connectivity index (χ3v) is 3.42. The summed E-state index contributed by atoms with van der Waals surface area (Å²) in [6, 6.07) is 4.68. The van der Waals surface area contributed by atoms with Crippen LogP contribution in [-0.4, -0.2) is 31.2 Å². The van der Waals surface area contributed by atoms with Gasteiger partial charge in [-0.05, 0) is 19.1 Å². The van der Waals surface area contributed by atoms with Crippen LogP contribution in [-0.2, 0) is 14.6 Å². The van der Waals surface area contributed by atoms with Crippen molar-refractivity contribution in [3.8, 4) is 5.75 Å². The average Bonchev–Trinajstić information content (AvgIpc) is 2.28. The van der Waals surface area contributed by atoms with Crippen LogP contribution in [0.3, 0.4) is 0 Å². The van der Waals surface area contributed by atoms with Crippen molar-refractivity contribution < 1.29 is 27.6 Å². The third-order valence-electron chi connectivity index (χ3n) is 2.11. The van der Waals surface area contributed by atoms with E-state index in [1.807, 2.05) is 0 Å². The number of nitrogens with zero attached hydrogens (tertiary/aromatic N) is 1. The molecule has 0 heterocycles. The van der Waals surface area contributed by atoms with Gasteiger partial charge in [-0.2, -0.15) is 0 Å². The Balaban J connectivity index is 2.65. The summed E-state index contributed by atoms with van der Waals surface area (Å²) in [6.45, 7) is 1.19. The molecular formula is C10H11NO7S. The average molecular weight is 289 g/mol. The minimum atomic E-state index is -3.52. The molecular weight excluding hydrogens is 278 g/mol. The molecule has 0 aliphatic carbocycles. The van der Waals surface area contributed by atoms with E-state index in [9.17, 15) is 23.3 Å². The number of nitro groups is 1. The van der Waals surface area contributed by atoms with Gasteiger partial charge in [-0.25, -0.2) is 13.2 Å². The van der Waals surface area contributed by atoms with Gasteiger partial charge in [0.15, 0.2) is 9.84 Å². The Labute approximate surface area is 109 Å². The highest BCUT2D eigenvalue weighted by atomic mass is 32.2. The quantitative estimate of drug-likeness (QED) is 0.357. The Morgan fingerprint density at radius 1 is 1.32 bits per heavy atom. The van der Waals surface area contributed by atoms with Gasteiger partial charge in [0.25, 0.3) is 5.69 Å². The lowest BCUT2D eigenvalue weighted by molar-refractivity contribution is -0.384. The molecule has 0 amide bonds. The van der Waals surface area contributed by atoms with Crippen LogP contribution in [0.25, 0.3) is 0 Å². The SMILES string of the molecule is CC(OC(=O)Oc1ccc([N+](=O)[O-])cc1)S(C)(=O)=O. The number of rotatable bonds is 4. The summed E-state index contributed by atoms with van der Waals surface area (Å²) in [6.07, 6.45) is -0.289. The summed E-state index contributed by atoms with van der Waals surface area (Å²) in [5.74, 6) is 0.0105. The van der Waals surface area contributed by atoms with Crippen LogP contribution >= 0.6 is 0 Å². The van der Waals surface area contributed by atoms with Crippen LogP contribution in [0, 0.1) is 10.1 Å². The Morgan fingerprint density at radius 2 is 1.84 bits per heavy atom. The van der Waals surface area contributed by atoms with E-state index in [0.717, 1.165) is 18.4 Å². The first-order valence-electron chi connectivity index (χ1n) is 5.02. The number of ether oxygens (including phenoxy) is 2. The molecule has 8 nitrogen and oxygen atoms in total. The van der Waals surface area contributed by atoms with Crippen molar-refractivity contribution >= 4 is 21.7 Å². The second-order valence-electron chi connectivity index (χ2n) is 3.62. The van der Waals surface area contributed by atoms with E-state index >= 15 is 0 Å². The fraction of sp³-hybridized carbons (Fsp3) is 0.300. The zero-order valence-corrected chi connectivity index (χ0v) is 10.9. The summed E-state index contributed by atoms with van der Waals surface area (Å²) in [7, 11) is -3.52. The van der Waals surface area contributed by atoms with Crippen molar-refractivity contribution in [1.29, 1.82) is 0 Å². The minimum absolute atomic E-state index is 0.0105. The van der Waals surface area contributed by atoms with E-state index in [1.54, 1.807) is 0 Å². The highest BCUT2D eigenvalue weighted by molar-refractivity contribution is 7.91. The molecule has 1 unspecified atom stereocenters. The molecule has 1 atom stereocenters. The van der Waals surface area contributed by atoms with Gasteiger partial charge < -0.3 is 9.47 Å². The number of hydrogen-bond acceptors (Lipinski definition) is 7. The first kappa shape index (κ1) is 14.9. The predicted octanol–water partition coefficient (Wildman–Crippen LogP) is 1.50. The molecule has 0 radical (unpaired) electrons. The summed E-state index contributed by atoms with van der Waals surface area (Å²) in [5.41, 5.74) is -1.50. The number of benzene rings is 1. The van der Waals surface area contributed by atoms with Crippen LogP contribution in [0.4, 0.5) is 10.5 Å². The van der Waals surface area contributed by atoms with Crippen LogP contribution < -0.4 is 4.74 Å². The maximum absolute atomic E-state index is 11.2. The van der Waals surface area contributed by atoms with Crippen molar-refractivity contribution in [3.05, 3.63) is 34.4 Å². The van der Waals surface area contributed by atoms with E-state index in [0.29, 0.717) is 0 Å². The zero-order chi connectivity index (χ0) is 14.6. The van der Waals surface area contributed by atoms with Gasteiger partial charge in [0.05, 0.1) is 4.92 Å². The molecule has 0 aromatic heterocycles. The number of carbonyl (C=O) groups excluding carboxylic acids is 1. The molecule has 1 rings (SSSR count). The van der Waals surface area contributed by atoms with Gasteiger partial charge in [0.1, 0.15) is 5.75 Å². The minimum Gasteiger partial charge on any atom is -0.415 e. The van der Waals surface area contributed by atoms with Gasteiger partial charge >= 0.3 is 6.16 Å². The Kier molecular flexibility index (Phi) is 4.43. The van der Waals surface area contributed by atoms with Crippen molar-refractivity contribution in [3.63, 3.8) is 0 Å². The molecule has 0 N–H and O–H groups in total. The molecule has 9 heteroatoms. The van der Waals surface area contributed by atoms with Crippen LogP contribution in [0.1, 0.15) is 6.92 Å². The summed E-state index contributed by atoms with van der Waals surface area (Å²) >= 11 is 0. The van der Waals surface area contributed by atoms with Crippen LogP contribution in [0.5, 0.6) is 5.75 Å². The normalized spacial score (nSPS) is 12.5. The maximum Gasteiger partial charge on any atom is 0.515 e. The summed E-state index contributed by atoms with van der Waals surface area (Å²) in [5, 5.41) is 10.4. The first-order chi connectivity index (χ1) is 8.70. The molecule has 0 aliphatic heterocycles. The lowest BCUT2D eigenvalue weighted by Gasteiger charge is -2.10. The smallest absolute Gasteiger partial charge is 0.415 e. The number of nitro benzene ring substituents is 1. The second kappa shape index (κ2) is 5.65. The second-order valence-corrected chi connectivity index (χ2v) is 5.94. The highest BCUT2D eigenvalue weighted by Gasteiger charge is 2.20. The Hall–Kier alpha value is -2.16. The van der Waals surface area contributed by atoms with E-state index in [-0.39, 0.29) is 11.4 Å². The Morgan fingerprint density at radius 3 is 2.26 bits per heavy atom. The zero-order valence-electron chi connectivity index (χ0n) is 10.1. The Bertz CT molecular complexity index is 578. The first-order valence-corrected chi connectivity index (χ1v) is 6.97. The number of sulfone groups is 1. The maximum atomic E-state index is 11.2. The topological polar surface area (TPSA) is 113 Å². The van der Waals surface area contributed by atoms with Crippen molar-refractivity contribution in [1.82, 2.24) is 0 Å². The van der Waals surface area contributed by atoms with E-state index in [4.69, 9.17) is 0 Å². The molecule has 0 saturated carbocycles. The van der Waals surface area contributed by atoms with Crippen LogP contribution in [0.15, 0.2) is 24.3 Å². The third kappa shape index (κ3) is 4.54. The fourth-order valence-corrected chi connectivity index (χ4v) is 1.23. The number of carbonyl (C=O) groups is 1. The largest absolute Gasteiger partial charge is 0.515 e. The lowest BCUT2D eigenvalue weighted by Crippen LogP contribution is -2.25. The predicted molar refractivity (Wildman–Crippen MR) is 64.5 cm³/mol. The van der Waals surface area contributed by atoms with Gasteiger partial charge in [0, 0.05) is 18.4 Å². The van der Waals surface area contributed by atoms with Gasteiger partial charge in [-0.1, -0.05) is 0 Å². The molecule has 1 aromatic carbocycles. The molecule has 0 fully saturated rings. The van der Waals surface area contributed by atoms with E-state index in [2.05, 4.69) is 9.47 Å².